The predicted octanol–water partition coefficient (Wildman–Crippen LogP) is 3.12. The summed E-state index contributed by atoms with van der Waals surface area (Å²) in [5.74, 6) is -1.09. The topological polar surface area (TPSA) is 66.4 Å². The fourth-order valence-electron chi connectivity index (χ4n) is 1.75. The van der Waals surface area contributed by atoms with E-state index >= 15 is 0 Å². The molecule has 0 saturated heterocycles. The highest BCUT2D eigenvalue weighted by Crippen LogP contribution is 2.22. The van der Waals surface area contributed by atoms with E-state index in [1.807, 2.05) is 13.8 Å². The third kappa shape index (κ3) is 3.94. The van der Waals surface area contributed by atoms with E-state index in [-0.39, 0.29) is 12.3 Å². The Hall–Kier alpha value is -0.630. The zero-order valence-electron chi connectivity index (χ0n) is 10.3. The van der Waals surface area contributed by atoms with Gasteiger partial charge in [0.15, 0.2) is 0 Å². The molecule has 2 N–H and O–H groups in total. The first kappa shape index (κ1) is 15.4. The maximum absolute atomic E-state index is 12.1. The molecule has 0 unspecified atom stereocenters. The summed E-state index contributed by atoms with van der Waals surface area (Å²) in [6.45, 7) is 3.79. The van der Waals surface area contributed by atoms with Crippen molar-refractivity contribution in [2.75, 3.05) is 0 Å². The number of aliphatic carboxylic acids is 1. The van der Waals surface area contributed by atoms with E-state index in [1.165, 1.54) is 11.3 Å². The minimum atomic E-state index is -0.890. The van der Waals surface area contributed by atoms with Crippen molar-refractivity contribution in [3.05, 3.63) is 19.9 Å². The Balaban J connectivity index is 2.83. The molecular formula is C12H16INO3S. The third-order valence-corrected chi connectivity index (χ3v) is 4.84. The molecule has 6 heteroatoms. The van der Waals surface area contributed by atoms with Gasteiger partial charge in [0.25, 0.3) is 5.91 Å². The quantitative estimate of drug-likeness (QED) is 0.745. The molecule has 18 heavy (non-hydrogen) atoms. The summed E-state index contributed by atoms with van der Waals surface area (Å²) in [4.78, 5) is 23.0. The number of carboxylic acids is 1. The van der Waals surface area contributed by atoms with Crippen LogP contribution >= 0.6 is 33.9 Å². The molecule has 0 aliphatic rings. The van der Waals surface area contributed by atoms with Crippen molar-refractivity contribution < 1.29 is 14.7 Å². The lowest BCUT2D eigenvalue weighted by molar-refractivity contribution is -0.138. The molecule has 0 spiro atoms. The first-order valence-electron chi connectivity index (χ1n) is 5.71. The van der Waals surface area contributed by atoms with Crippen molar-refractivity contribution in [1.82, 2.24) is 5.32 Å². The highest BCUT2D eigenvalue weighted by Gasteiger charge is 2.31. The van der Waals surface area contributed by atoms with Crippen LogP contribution in [0.1, 0.15) is 43.5 Å². The van der Waals surface area contributed by atoms with Crippen molar-refractivity contribution in [2.24, 2.45) is 0 Å². The second-order valence-electron chi connectivity index (χ2n) is 4.15. The average molecular weight is 381 g/mol. The number of thiophene rings is 1. The molecule has 1 rings (SSSR count). The van der Waals surface area contributed by atoms with Gasteiger partial charge in [0.2, 0.25) is 0 Å². The number of nitrogens with one attached hydrogen (secondary N) is 1. The van der Waals surface area contributed by atoms with Crippen LogP contribution in [0, 0.1) is 2.88 Å². The summed E-state index contributed by atoms with van der Waals surface area (Å²) in [7, 11) is 0. The number of carbonyl (C=O) groups excluding carboxylic acids is 1. The van der Waals surface area contributed by atoms with Crippen LogP contribution in [0.4, 0.5) is 0 Å². The lowest BCUT2D eigenvalue weighted by Gasteiger charge is -2.31. The highest BCUT2D eigenvalue weighted by molar-refractivity contribution is 14.1. The van der Waals surface area contributed by atoms with Crippen molar-refractivity contribution >= 4 is 45.8 Å². The molecule has 0 aliphatic carbocycles. The zero-order chi connectivity index (χ0) is 13.8. The number of rotatable bonds is 6. The summed E-state index contributed by atoms with van der Waals surface area (Å²) < 4.78 is 1.04. The maximum atomic E-state index is 12.1. The average Bonchev–Trinajstić information content (AvgIpc) is 2.74. The van der Waals surface area contributed by atoms with E-state index in [0.29, 0.717) is 18.4 Å². The van der Waals surface area contributed by atoms with Gasteiger partial charge in [0, 0.05) is 5.38 Å². The van der Waals surface area contributed by atoms with Crippen LogP contribution in [0.2, 0.25) is 0 Å². The van der Waals surface area contributed by atoms with Crippen LogP contribution in [-0.2, 0) is 4.79 Å². The van der Waals surface area contributed by atoms with Crippen LogP contribution in [0.15, 0.2) is 11.4 Å². The van der Waals surface area contributed by atoms with Gasteiger partial charge in [-0.3, -0.25) is 9.59 Å². The van der Waals surface area contributed by atoms with Gasteiger partial charge in [-0.15, -0.1) is 11.3 Å². The van der Waals surface area contributed by atoms with E-state index in [9.17, 15) is 9.59 Å². The van der Waals surface area contributed by atoms with Crippen LogP contribution in [0.3, 0.4) is 0 Å². The number of hydrogen-bond acceptors (Lipinski definition) is 3. The smallest absolute Gasteiger partial charge is 0.305 e. The summed E-state index contributed by atoms with van der Waals surface area (Å²) >= 11 is 3.65. The number of hydrogen-bond donors (Lipinski definition) is 2. The SMILES string of the molecule is CCC(CC)(CC(=O)O)NC(=O)c1csc(I)c1. The Morgan fingerprint density at radius 1 is 1.44 bits per heavy atom. The molecule has 0 radical (unpaired) electrons. The summed E-state index contributed by atoms with van der Waals surface area (Å²) in [5, 5.41) is 13.6. The Morgan fingerprint density at radius 3 is 2.44 bits per heavy atom. The minimum Gasteiger partial charge on any atom is -0.481 e. The summed E-state index contributed by atoms with van der Waals surface area (Å²) in [6.07, 6.45) is 1.15. The van der Waals surface area contributed by atoms with E-state index in [0.717, 1.165) is 2.88 Å². The first-order valence-corrected chi connectivity index (χ1v) is 7.66. The molecular weight excluding hydrogens is 365 g/mol. The predicted molar refractivity (Wildman–Crippen MR) is 80.1 cm³/mol. The van der Waals surface area contributed by atoms with E-state index in [4.69, 9.17) is 5.11 Å². The van der Waals surface area contributed by atoms with Gasteiger partial charge < -0.3 is 10.4 Å². The molecule has 0 fully saturated rings. The summed E-state index contributed by atoms with van der Waals surface area (Å²) in [5.41, 5.74) is -0.0583. The molecule has 1 aromatic heterocycles. The second kappa shape index (κ2) is 6.51. The van der Waals surface area contributed by atoms with Crippen LogP contribution in [0.5, 0.6) is 0 Å². The molecule has 100 valence electrons. The molecule has 1 heterocycles. The molecule has 0 aromatic carbocycles. The van der Waals surface area contributed by atoms with E-state index in [2.05, 4.69) is 27.9 Å². The molecule has 0 aliphatic heterocycles. The van der Waals surface area contributed by atoms with Crippen molar-refractivity contribution in [2.45, 2.75) is 38.6 Å². The van der Waals surface area contributed by atoms with Gasteiger partial charge in [-0.1, -0.05) is 13.8 Å². The van der Waals surface area contributed by atoms with Gasteiger partial charge >= 0.3 is 5.97 Å². The molecule has 1 amide bonds. The van der Waals surface area contributed by atoms with Crippen LogP contribution in [0.25, 0.3) is 0 Å². The van der Waals surface area contributed by atoms with Crippen LogP contribution < -0.4 is 5.32 Å². The lowest BCUT2D eigenvalue weighted by Crippen LogP contribution is -2.49. The molecule has 0 saturated carbocycles. The largest absolute Gasteiger partial charge is 0.481 e. The fourth-order valence-corrected chi connectivity index (χ4v) is 3.08. The van der Waals surface area contributed by atoms with Gasteiger partial charge in [-0.05, 0) is 41.5 Å². The Bertz CT molecular complexity index is 440. The molecule has 1 aromatic rings. The second-order valence-corrected chi connectivity index (χ2v) is 6.96. The number of carboxylic acid groups (broad SMARTS) is 1. The minimum absolute atomic E-state index is 0.0486. The van der Waals surface area contributed by atoms with Crippen molar-refractivity contribution in [3.63, 3.8) is 0 Å². The lowest BCUT2D eigenvalue weighted by atomic mass is 9.88. The Labute approximate surface area is 124 Å². The standard InChI is InChI=1S/C12H16INO3S/c1-3-12(4-2,6-10(15)16)14-11(17)8-5-9(13)18-7-8/h5,7H,3-4,6H2,1-2H3,(H,14,17)(H,15,16). The number of halogens is 1. The Morgan fingerprint density at radius 2 is 2.06 bits per heavy atom. The normalized spacial score (nSPS) is 11.3. The molecule has 0 bridgehead atoms. The third-order valence-electron chi connectivity index (χ3n) is 3.05. The van der Waals surface area contributed by atoms with Gasteiger partial charge in [-0.25, -0.2) is 0 Å². The fraction of sp³-hybridized carbons (Fsp3) is 0.500. The monoisotopic (exact) mass is 381 g/mol. The van der Waals surface area contributed by atoms with Gasteiger partial charge in [-0.2, -0.15) is 0 Å². The van der Waals surface area contributed by atoms with Gasteiger partial charge in [0.05, 0.1) is 20.4 Å². The highest BCUT2D eigenvalue weighted by atomic mass is 127. The first-order chi connectivity index (χ1) is 8.42. The molecule has 4 nitrogen and oxygen atoms in total. The van der Waals surface area contributed by atoms with E-state index < -0.39 is 11.5 Å². The van der Waals surface area contributed by atoms with Gasteiger partial charge in [0.1, 0.15) is 0 Å². The maximum Gasteiger partial charge on any atom is 0.305 e. The zero-order valence-corrected chi connectivity index (χ0v) is 13.3. The summed E-state index contributed by atoms with van der Waals surface area (Å²) in [6, 6.07) is 1.80. The van der Waals surface area contributed by atoms with E-state index in [1.54, 1.807) is 11.4 Å². The van der Waals surface area contributed by atoms with Crippen molar-refractivity contribution in [3.8, 4) is 0 Å². The molecule has 0 atom stereocenters. The number of amides is 1. The number of carbonyl (C=O) groups is 2. The van der Waals surface area contributed by atoms with Crippen molar-refractivity contribution in [1.29, 1.82) is 0 Å². The van der Waals surface area contributed by atoms with Crippen LogP contribution in [-0.4, -0.2) is 22.5 Å². The Kier molecular flexibility index (Phi) is 5.58.